The molecular formula is C22H15Cl2N3OS. The minimum Gasteiger partial charge on any atom is -0.268 e. The van der Waals surface area contributed by atoms with E-state index in [0.29, 0.717) is 31.5 Å². The van der Waals surface area contributed by atoms with Gasteiger partial charge in [-0.05, 0) is 61.2 Å². The maximum atomic E-state index is 13.2. The Balaban J connectivity index is 1.81. The van der Waals surface area contributed by atoms with E-state index in [0.717, 1.165) is 11.4 Å². The van der Waals surface area contributed by atoms with Crippen molar-refractivity contribution in [2.75, 3.05) is 4.90 Å². The monoisotopic (exact) mass is 439 g/mol. The van der Waals surface area contributed by atoms with Crippen molar-refractivity contribution >= 4 is 63.6 Å². The third-order valence-corrected chi connectivity index (χ3v) is 5.81. The average molecular weight is 440 g/mol. The highest BCUT2D eigenvalue weighted by Gasteiger charge is 2.35. The quantitative estimate of drug-likeness (QED) is 0.437. The zero-order valence-electron chi connectivity index (χ0n) is 15.3. The number of halogens is 2. The highest BCUT2D eigenvalue weighted by atomic mass is 35.5. The molecule has 1 aromatic heterocycles. The third-order valence-electron chi connectivity index (χ3n) is 4.18. The SMILES string of the molecule is Cc1cccc(/N=C2/S/C(=C\c3c(Cl)cccc3Cl)C(=O)N2c2ccccc2)n1. The molecule has 1 fully saturated rings. The fourth-order valence-corrected chi connectivity index (χ4v) is 4.30. The Kier molecular flexibility index (Phi) is 5.72. The van der Waals surface area contributed by atoms with E-state index >= 15 is 0 Å². The summed E-state index contributed by atoms with van der Waals surface area (Å²) in [6, 6.07) is 20.2. The van der Waals surface area contributed by atoms with E-state index in [1.54, 1.807) is 35.2 Å². The molecule has 1 saturated heterocycles. The van der Waals surface area contributed by atoms with E-state index in [-0.39, 0.29) is 5.91 Å². The molecule has 0 bridgehead atoms. The van der Waals surface area contributed by atoms with Crippen molar-refractivity contribution in [2.45, 2.75) is 6.92 Å². The summed E-state index contributed by atoms with van der Waals surface area (Å²) in [6.07, 6.45) is 1.71. The summed E-state index contributed by atoms with van der Waals surface area (Å²) >= 11 is 13.8. The normalized spacial score (nSPS) is 16.8. The zero-order valence-corrected chi connectivity index (χ0v) is 17.7. The van der Waals surface area contributed by atoms with E-state index in [1.165, 1.54) is 11.8 Å². The highest BCUT2D eigenvalue weighted by molar-refractivity contribution is 8.19. The molecule has 0 spiro atoms. The maximum Gasteiger partial charge on any atom is 0.271 e. The number of nitrogens with zero attached hydrogens (tertiary/aromatic N) is 3. The van der Waals surface area contributed by atoms with E-state index in [9.17, 15) is 4.79 Å². The lowest BCUT2D eigenvalue weighted by Gasteiger charge is -2.15. The van der Waals surface area contributed by atoms with Crippen molar-refractivity contribution in [2.24, 2.45) is 4.99 Å². The summed E-state index contributed by atoms with van der Waals surface area (Å²) in [7, 11) is 0. The molecule has 2 aromatic carbocycles. The lowest BCUT2D eigenvalue weighted by molar-refractivity contribution is -0.113. The van der Waals surface area contributed by atoms with Crippen LogP contribution in [0.4, 0.5) is 11.5 Å². The number of rotatable bonds is 3. The standard InChI is InChI=1S/C22H15Cl2N3OS/c1-14-7-5-12-20(25-14)26-22-27(15-8-3-2-4-9-15)21(28)19(29-22)13-16-17(23)10-6-11-18(16)24/h2-13H,1H3/b19-13-,26-22+. The molecule has 1 aliphatic heterocycles. The molecule has 0 atom stereocenters. The van der Waals surface area contributed by atoms with Crippen LogP contribution in [-0.2, 0) is 4.79 Å². The molecule has 4 rings (SSSR count). The number of amides is 1. The fourth-order valence-electron chi connectivity index (χ4n) is 2.82. The number of aliphatic imine (C=N–C) groups is 1. The van der Waals surface area contributed by atoms with Gasteiger partial charge in [-0.2, -0.15) is 0 Å². The smallest absolute Gasteiger partial charge is 0.268 e. The van der Waals surface area contributed by atoms with Crippen molar-refractivity contribution in [1.29, 1.82) is 0 Å². The molecule has 0 saturated carbocycles. The van der Waals surface area contributed by atoms with Gasteiger partial charge in [0.25, 0.3) is 5.91 Å². The Hall–Kier alpha value is -2.60. The van der Waals surface area contributed by atoms with Gasteiger partial charge in [0.1, 0.15) is 0 Å². The maximum absolute atomic E-state index is 13.2. The van der Waals surface area contributed by atoms with Crippen molar-refractivity contribution < 1.29 is 4.79 Å². The number of thioether (sulfide) groups is 1. The number of hydrogen-bond acceptors (Lipinski definition) is 4. The Morgan fingerprint density at radius 2 is 1.66 bits per heavy atom. The Morgan fingerprint density at radius 3 is 2.34 bits per heavy atom. The van der Waals surface area contributed by atoms with Crippen molar-refractivity contribution in [3.8, 4) is 0 Å². The number of anilines is 1. The molecule has 29 heavy (non-hydrogen) atoms. The number of aryl methyl sites for hydroxylation is 1. The van der Waals surface area contributed by atoms with Crippen LogP contribution in [0.3, 0.4) is 0 Å². The second kappa shape index (κ2) is 8.41. The van der Waals surface area contributed by atoms with Crippen LogP contribution < -0.4 is 4.90 Å². The molecule has 144 valence electrons. The predicted molar refractivity (Wildman–Crippen MR) is 122 cm³/mol. The van der Waals surface area contributed by atoms with E-state index < -0.39 is 0 Å². The minimum absolute atomic E-state index is 0.191. The summed E-state index contributed by atoms with van der Waals surface area (Å²) in [4.78, 5) is 24.4. The van der Waals surface area contributed by atoms with Gasteiger partial charge in [-0.1, -0.05) is 53.5 Å². The number of hydrogen-bond donors (Lipinski definition) is 0. The minimum atomic E-state index is -0.191. The molecule has 7 heteroatoms. The Labute approximate surface area is 182 Å². The molecule has 0 N–H and O–H groups in total. The summed E-state index contributed by atoms with van der Waals surface area (Å²) in [5.41, 5.74) is 2.19. The molecule has 1 amide bonds. The van der Waals surface area contributed by atoms with Crippen molar-refractivity contribution in [1.82, 2.24) is 4.98 Å². The van der Waals surface area contributed by atoms with Crippen molar-refractivity contribution in [3.05, 3.63) is 92.9 Å². The Morgan fingerprint density at radius 1 is 0.966 bits per heavy atom. The number of carbonyl (C=O) groups excluding carboxylic acids is 1. The first kappa shape index (κ1) is 19.7. The van der Waals surface area contributed by atoms with Gasteiger partial charge in [-0.3, -0.25) is 9.69 Å². The largest absolute Gasteiger partial charge is 0.271 e. The molecule has 4 nitrogen and oxygen atoms in total. The average Bonchev–Trinajstić information content (AvgIpc) is 3.00. The van der Waals surface area contributed by atoms with Gasteiger partial charge >= 0.3 is 0 Å². The van der Waals surface area contributed by atoms with Gasteiger partial charge in [0.15, 0.2) is 11.0 Å². The van der Waals surface area contributed by atoms with Crippen molar-refractivity contribution in [3.63, 3.8) is 0 Å². The number of aromatic nitrogens is 1. The third kappa shape index (κ3) is 4.22. The van der Waals surface area contributed by atoms with Crippen LogP contribution in [-0.4, -0.2) is 16.1 Å². The first-order valence-corrected chi connectivity index (χ1v) is 10.4. The number of benzene rings is 2. The van der Waals surface area contributed by atoms with E-state index in [2.05, 4.69) is 9.98 Å². The molecular weight excluding hydrogens is 425 g/mol. The van der Waals surface area contributed by atoms with Gasteiger partial charge in [0.2, 0.25) is 0 Å². The molecule has 3 aromatic rings. The Bertz CT molecular complexity index is 1130. The van der Waals surface area contributed by atoms with Gasteiger partial charge in [0, 0.05) is 21.3 Å². The molecule has 2 heterocycles. The number of carbonyl (C=O) groups is 1. The first-order chi connectivity index (χ1) is 14.0. The fraction of sp³-hybridized carbons (Fsp3) is 0.0455. The molecule has 0 radical (unpaired) electrons. The van der Waals surface area contributed by atoms with Crippen LogP contribution in [0.1, 0.15) is 11.3 Å². The first-order valence-electron chi connectivity index (χ1n) is 8.78. The number of para-hydroxylation sites is 1. The molecule has 1 aliphatic rings. The summed E-state index contributed by atoms with van der Waals surface area (Å²) < 4.78 is 0. The lowest BCUT2D eigenvalue weighted by atomic mass is 10.2. The van der Waals surface area contributed by atoms with Crippen LogP contribution in [0.5, 0.6) is 0 Å². The van der Waals surface area contributed by atoms with Gasteiger partial charge in [-0.25, -0.2) is 9.98 Å². The lowest BCUT2D eigenvalue weighted by Crippen LogP contribution is -2.28. The molecule has 0 unspecified atom stereocenters. The highest BCUT2D eigenvalue weighted by Crippen LogP contribution is 2.38. The summed E-state index contributed by atoms with van der Waals surface area (Å²) in [6.45, 7) is 1.90. The van der Waals surface area contributed by atoms with Gasteiger partial charge in [0.05, 0.1) is 10.6 Å². The van der Waals surface area contributed by atoms with Crippen LogP contribution >= 0.6 is 35.0 Å². The van der Waals surface area contributed by atoms with E-state index in [4.69, 9.17) is 23.2 Å². The van der Waals surface area contributed by atoms with Crippen LogP contribution in [0.25, 0.3) is 6.08 Å². The topological polar surface area (TPSA) is 45.6 Å². The van der Waals surface area contributed by atoms with Crippen LogP contribution in [0.2, 0.25) is 10.0 Å². The summed E-state index contributed by atoms with van der Waals surface area (Å²) in [5.74, 6) is 0.349. The second-order valence-corrected chi connectivity index (χ2v) is 8.08. The van der Waals surface area contributed by atoms with Gasteiger partial charge < -0.3 is 0 Å². The second-order valence-electron chi connectivity index (χ2n) is 6.25. The van der Waals surface area contributed by atoms with Crippen LogP contribution in [0, 0.1) is 6.92 Å². The van der Waals surface area contributed by atoms with Gasteiger partial charge in [-0.15, -0.1) is 0 Å². The number of amidine groups is 1. The summed E-state index contributed by atoms with van der Waals surface area (Å²) in [5, 5.41) is 1.49. The zero-order chi connectivity index (χ0) is 20.4. The predicted octanol–water partition coefficient (Wildman–Crippen LogP) is 6.51. The molecule has 0 aliphatic carbocycles. The van der Waals surface area contributed by atoms with E-state index in [1.807, 2.05) is 49.4 Å². The number of pyridine rings is 1. The van der Waals surface area contributed by atoms with Crippen LogP contribution in [0.15, 0.2) is 76.6 Å².